The van der Waals surface area contributed by atoms with Crippen LogP contribution in [-0.2, 0) is 20.5 Å². The first-order chi connectivity index (χ1) is 18.2. The van der Waals surface area contributed by atoms with E-state index in [4.69, 9.17) is 4.74 Å². The summed E-state index contributed by atoms with van der Waals surface area (Å²) in [5.41, 5.74) is 1.08. The number of benzene rings is 1. The standard InChI is InChI=1S/C30H33F3N2O3/c1-3-34-28(36)19-8-11-24-21(13-19)15-26-27(17(2)38-29(26)37)25(24)12-10-23-9-7-20(16-35-23)18-5-4-6-22(14-18)30(31,32)33/h4-7,9-10,12,14,16-17,19,21,24-27H,3,8,11,13,15H2,1-2H3,(H,34,36)/b12-10+/t17-,19-,21+,24-,25+,26-,27+/m1/s1. The van der Waals surface area contributed by atoms with Gasteiger partial charge in [-0.2, -0.15) is 13.2 Å². The Morgan fingerprint density at radius 3 is 2.68 bits per heavy atom. The molecule has 202 valence electrons. The summed E-state index contributed by atoms with van der Waals surface area (Å²) >= 11 is 0. The summed E-state index contributed by atoms with van der Waals surface area (Å²) < 4.78 is 45.0. The largest absolute Gasteiger partial charge is 0.462 e. The highest BCUT2D eigenvalue weighted by Crippen LogP contribution is 2.54. The highest BCUT2D eigenvalue weighted by molar-refractivity contribution is 5.79. The maximum atomic E-state index is 13.1. The van der Waals surface area contributed by atoms with E-state index in [1.54, 1.807) is 24.4 Å². The van der Waals surface area contributed by atoms with Gasteiger partial charge in [0, 0.05) is 30.1 Å². The fraction of sp³-hybridized carbons (Fsp3) is 0.500. The van der Waals surface area contributed by atoms with Crippen LogP contribution in [0.15, 0.2) is 48.7 Å². The summed E-state index contributed by atoms with van der Waals surface area (Å²) in [6, 6.07) is 8.80. The first-order valence-corrected chi connectivity index (χ1v) is 13.5. The summed E-state index contributed by atoms with van der Waals surface area (Å²) in [5.74, 6) is 0.643. The number of alkyl halides is 3. The van der Waals surface area contributed by atoms with E-state index < -0.39 is 11.7 Å². The molecule has 2 heterocycles. The second-order valence-electron chi connectivity index (χ2n) is 10.9. The minimum Gasteiger partial charge on any atom is -0.462 e. The van der Waals surface area contributed by atoms with Gasteiger partial charge in [-0.25, -0.2) is 0 Å². The molecule has 1 N–H and O–H groups in total. The van der Waals surface area contributed by atoms with Gasteiger partial charge in [-0.05, 0) is 87.1 Å². The molecule has 2 aromatic rings. The molecule has 3 aliphatic rings. The Morgan fingerprint density at radius 2 is 1.97 bits per heavy atom. The normalized spacial score (nSPS) is 31.0. The second-order valence-corrected chi connectivity index (χ2v) is 10.9. The lowest BCUT2D eigenvalue weighted by atomic mass is 9.56. The molecule has 0 spiro atoms. The zero-order valence-corrected chi connectivity index (χ0v) is 21.6. The van der Waals surface area contributed by atoms with Crippen molar-refractivity contribution in [3.8, 4) is 11.1 Å². The van der Waals surface area contributed by atoms with E-state index in [-0.39, 0.29) is 47.6 Å². The number of ether oxygens (including phenoxy) is 1. The number of rotatable bonds is 5. The number of halogens is 3. The van der Waals surface area contributed by atoms with Crippen molar-refractivity contribution in [2.45, 2.75) is 51.8 Å². The number of cyclic esters (lactones) is 1. The average molecular weight is 527 g/mol. The van der Waals surface area contributed by atoms with E-state index in [1.165, 1.54) is 6.07 Å². The summed E-state index contributed by atoms with van der Waals surface area (Å²) in [7, 11) is 0. The van der Waals surface area contributed by atoms with Crippen LogP contribution < -0.4 is 5.32 Å². The predicted molar refractivity (Wildman–Crippen MR) is 137 cm³/mol. The minimum atomic E-state index is -4.40. The van der Waals surface area contributed by atoms with E-state index in [0.29, 0.717) is 29.3 Å². The molecule has 8 heteroatoms. The lowest BCUT2D eigenvalue weighted by Crippen LogP contribution is -2.46. The number of nitrogens with zero attached hydrogens (tertiary/aromatic N) is 1. The summed E-state index contributed by atoms with van der Waals surface area (Å²) in [4.78, 5) is 29.7. The number of nitrogens with one attached hydrogen (secondary N) is 1. The number of aromatic nitrogens is 1. The van der Waals surface area contributed by atoms with Crippen LogP contribution in [0.25, 0.3) is 17.2 Å². The Kier molecular flexibility index (Phi) is 7.34. The van der Waals surface area contributed by atoms with Crippen LogP contribution in [0.5, 0.6) is 0 Å². The maximum Gasteiger partial charge on any atom is 0.416 e. The Hall–Kier alpha value is -3.16. The van der Waals surface area contributed by atoms with Crippen LogP contribution in [0, 0.1) is 35.5 Å². The number of hydrogen-bond acceptors (Lipinski definition) is 4. The molecule has 1 saturated heterocycles. The molecule has 2 saturated carbocycles. The monoisotopic (exact) mass is 526 g/mol. The number of carbonyl (C=O) groups excluding carboxylic acids is 2. The summed E-state index contributed by atoms with van der Waals surface area (Å²) in [6.07, 6.45) is 4.43. The van der Waals surface area contributed by atoms with Gasteiger partial charge < -0.3 is 10.1 Å². The Balaban J connectivity index is 1.36. The zero-order chi connectivity index (χ0) is 27.0. The number of fused-ring (bicyclic) bond motifs is 2. The van der Waals surface area contributed by atoms with E-state index in [2.05, 4.69) is 16.4 Å². The molecule has 1 aliphatic heterocycles. The number of carbonyl (C=O) groups is 2. The van der Waals surface area contributed by atoms with Crippen molar-refractivity contribution in [2.75, 3.05) is 6.54 Å². The van der Waals surface area contributed by atoms with Crippen molar-refractivity contribution in [3.63, 3.8) is 0 Å². The third-order valence-electron chi connectivity index (χ3n) is 8.67. The van der Waals surface area contributed by atoms with E-state index >= 15 is 0 Å². The van der Waals surface area contributed by atoms with E-state index in [1.807, 2.05) is 19.9 Å². The van der Waals surface area contributed by atoms with Gasteiger partial charge in [0.25, 0.3) is 0 Å². The van der Waals surface area contributed by atoms with Crippen molar-refractivity contribution in [3.05, 3.63) is 59.9 Å². The van der Waals surface area contributed by atoms with Crippen molar-refractivity contribution >= 4 is 18.0 Å². The molecule has 5 rings (SSSR count). The summed E-state index contributed by atoms with van der Waals surface area (Å²) in [6.45, 7) is 4.50. The number of hydrogen-bond donors (Lipinski definition) is 1. The van der Waals surface area contributed by atoms with Gasteiger partial charge in [0.15, 0.2) is 0 Å². The molecule has 0 bridgehead atoms. The average Bonchev–Trinajstić information content (AvgIpc) is 3.19. The van der Waals surface area contributed by atoms with Crippen LogP contribution in [-0.4, -0.2) is 29.5 Å². The van der Waals surface area contributed by atoms with Crippen molar-refractivity contribution < 1.29 is 27.5 Å². The molecule has 7 atom stereocenters. The van der Waals surface area contributed by atoms with Crippen molar-refractivity contribution in [1.29, 1.82) is 0 Å². The molecule has 5 nitrogen and oxygen atoms in total. The first-order valence-electron chi connectivity index (χ1n) is 13.5. The van der Waals surface area contributed by atoms with E-state index in [0.717, 1.165) is 37.8 Å². The topological polar surface area (TPSA) is 68.3 Å². The molecule has 1 amide bonds. The quantitative estimate of drug-likeness (QED) is 0.475. The van der Waals surface area contributed by atoms with Gasteiger partial charge in [-0.1, -0.05) is 24.3 Å². The Morgan fingerprint density at radius 1 is 1.16 bits per heavy atom. The second kappa shape index (κ2) is 10.5. The molecule has 1 aromatic carbocycles. The first kappa shape index (κ1) is 26.4. The smallest absolute Gasteiger partial charge is 0.416 e. The van der Waals surface area contributed by atoms with Crippen LogP contribution in [0.3, 0.4) is 0 Å². The number of pyridine rings is 1. The van der Waals surface area contributed by atoms with Crippen LogP contribution in [0.2, 0.25) is 0 Å². The molecule has 0 radical (unpaired) electrons. The SMILES string of the molecule is CCNC(=O)[C@@H]1CC[C@@H]2[C@@H](C1)C[C@H]1C(=O)O[C@H](C)[C@H]1[C@H]2/C=C/c1ccc(-c2cccc(C(F)(F)F)c2)cn1. The maximum absolute atomic E-state index is 13.1. The van der Waals surface area contributed by atoms with Gasteiger partial charge in [0.05, 0.1) is 17.2 Å². The number of esters is 1. The van der Waals surface area contributed by atoms with Crippen LogP contribution in [0.4, 0.5) is 13.2 Å². The van der Waals surface area contributed by atoms with Crippen LogP contribution in [0.1, 0.15) is 50.8 Å². The van der Waals surface area contributed by atoms with E-state index in [9.17, 15) is 22.8 Å². The molecular weight excluding hydrogens is 493 g/mol. The Bertz CT molecular complexity index is 1210. The van der Waals surface area contributed by atoms with Crippen molar-refractivity contribution in [2.24, 2.45) is 35.5 Å². The lowest BCUT2D eigenvalue weighted by Gasteiger charge is -2.47. The number of amides is 1. The zero-order valence-electron chi connectivity index (χ0n) is 21.6. The van der Waals surface area contributed by atoms with Crippen LogP contribution >= 0.6 is 0 Å². The summed E-state index contributed by atoms with van der Waals surface area (Å²) in [5, 5.41) is 2.95. The molecule has 38 heavy (non-hydrogen) atoms. The fourth-order valence-electron chi connectivity index (χ4n) is 6.93. The Labute approximate surface area is 220 Å². The highest BCUT2D eigenvalue weighted by Gasteiger charge is 2.54. The van der Waals surface area contributed by atoms with Gasteiger partial charge in [-0.15, -0.1) is 0 Å². The highest BCUT2D eigenvalue weighted by atomic mass is 19.4. The fourth-order valence-corrected chi connectivity index (χ4v) is 6.93. The van der Waals surface area contributed by atoms with Gasteiger partial charge in [0.2, 0.25) is 5.91 Å². The number of allylic oxidation sites excluding steroid dienone is 1. The van der Waals surface area contributed by atoms with Crippen molar-refractivity contribution in [1.82, 2.24) is 10.3 Å². The van der Waals surface area contributed by atoms with Gasteiger partial charge in [0.1, 0.15) is 6.10 Å². The molecular formula is C30H33F3N2O3. The lowest BCUT2D eigenvalue weighted by molar-refractivity contribution is -0.144. The molecule has 2 aliphatic carbocycles. The third-order valence-corrected chi connectivity index (χ3v) is 8.67. The van der Waals surface area contributed by atoms with Gasteiger partial charge >= 0.3 is 12.1 Å². The minimum absolute atomic E-state index is 0.0164. The molecule has 1 aromatic heterocycles. The predicted octanol–water partition coefficient (Wildman–Crippen LogP) is 6.15. The molecule has 0 unspecified atom stereocenters. The third kappa shape index (κ3) is 5.22. The van der Waals surface area contributed by atoms with Gasteiger partial charge in [-0.3, -0.25) is 14.6 Å². The molecule has 3 fully saturated rings.